The first-order valence-electron chi connectivity index (χ1n) is 8.32. The van der Waals surface area contributed by atoms with Gasteiger partial charge in [-0.15, -0.1) is 0 Å². The fourth-order valence-corrected chi connectivity index (χ4v) is 2.65. The molecule has 0 unspecified atom stereocenters. The SMILES string of the molecule is Cc1cc(C)nc(Nc2cccc(C(=O)Nc3ccccc3C(N)=O)c2)n1. The number of aryl methyl sites for hydroxylation is 2. The van der Waals surface area contributed by atoms with E-state index >= 15 is 0 Å². The average molecular weight is 361 g/mol. The van der Waals surface area contributed by atoms with Crippen LogP contribution in [0, 0.1) is 13.8 Å². The molecule has 0 atom stereocenters. The maximum atomic E-state index is 12.6. The molecule has 7 heteroatoms. The summed E-state index contributed by atoms with van der Waals surface area (Å²) < 4.78 is 0. The van der Waals surface area contributed by atoms with E-state index in [0.717, 1.165) is 11.4 Å². The van der Waals surface area contributed by atoms with Crippen molar-refractivity contribution in [3.8, 4) is 0 Å². The van der Waals surface area contributed by atoms with Gasteiger partial charge in [-0.25, -0.2) is 9.97 Å². The molecule has 0 aliphatic rings. The minimum Gasteiger partial charge on any atom is -0.366 e. The quantitative estimate of drug-likeness (QED) is 0.646. The number of primary amides is 1. The Bertz CT molecular complexity index is 997. The van der Waals surface area contributed by atoms with Crippen molar-refractivity contribution in [2.75, 3.05) is 10.6 Å². The monoisotopic (exact) mass is 361 g/mol. The van der Waals surface area contributed by atoms with Crippen LogP contribution in [0.3, 0.4) is 0 Å². The van der Waals surface area contributed by atoms with Gasteiger partial charge in [-0.3, -0.25) is 9.59 Å². The fourth-order valence-electron chi connectivity index (χ4n) is 2.65. The average Bonchev–Trinajstić information content (AvgIpc) is 2.61. The molecule has 4 N–H and O–H groups in total. The van der Waals surface area contributed by atoms with Crippen molar-refractivity contribution in [3.63, 3.8) is 0 Å². The van der Waals surface area contributed by atoms with Crippen molar-refractivity contribution in [2.24, 2.45) is 5.73 Å². The molecule has 3 rings (SSSR count). The van der Waals surface area contributed by atoms with E-state index in [1.54, 1.807) is 42.5 Å². The van der Waals surface area contributed by atoms with Crippen LogP contribution in [0.4, 0.5) is 17.3 Å². The lowest BCUT2D eigenvalue weighted by Gasteiger charge is -2.10. The van der Waals surface area contributed by atoms with Crippen molar-refractivity contribution in [2.45, 2.75) is 13.8 Å². The Hall–Kier alpha value is -3.74. The third-order valence-electron chi connectivity index (χ3n) is 3.80. The van der Waals surface area contributed by atoms with Crippen LogP contribution < -0.4 is 16.4 Å². The Morgan fingerprint density at radius 2 is 1.63 bits per heavy atom. The van der Waals surface area contributed by atoms with E-state index in [9.17, 15) is 9.59 Å². The van der Waals surface area contributed by atoms with Crippen LogP contribution in [0.25, 0.3) is 0 Å². The predicted molar refractivity (Wildman–Crippen MR) is 104 cm³/mol. The van der Waals surface area contributed by atoms with Gasteiger partial charge in [-0.2, -0.15) is 0 Å². The summed E-state index contributed by atoms with van der Waals surface area (Å²) in [6.45, 7) is 3.78. The van der Waals surface area contributed by atoms with Gasteiger partial charge in [0.2, 0.25) is 5.95 Å². The number of hydrogen-bond acceptors (Lipinski definition) is 5. The molecule has 0 saturated heterocycles. The molecule has 7 nitrogen and oxygen atoms in total. The fraction of sp³-hybridized carbons (Fsp3) is 0.100. The predicted octanol–water partition coefficient (Wildman–Crippen LogP) is 3.19. The summed E-state index contributed by atoms with van der Waals surface area (Å²) in [5.41, 5.74) is 8.76. The molecule has 1 heterocycles. The number of carbonyl (C=O) groups is 2. The Morgan fingerprint density at radius 1 is 0.926 bits per heavy atom. The van der Waals surface area contributed by atoms with E-state index in [-0.39, 0.29) is 11.5 Å². The van der Waals surface area contributed by atoms with E-state index in [4.69, 9.17) is 5.73 Å². The number of amides is 2. The summed E-state index contributed by atoms with van der Waals surface area (Å²) in [5.74, 6) is -0.494. The summed E-state index contributed by atoms with van der Waals surface area (Å²) in [5, 5.41) is 5.82. The first-order chi connectivity index (χ1) is 12.9. The van der Waals surface area contributed by atoms with Crippen LogP contribution >= 0.6 is 0 Å². The van der Waals surface area contributed by atoms with Crippen LogP contribution in [0.15, 0.2) is 54.6 Å². The topological polar surface area (TPSA) is 110 Å². The molecule has 0 fully saturated rings. The van der Waals surface area contributed by atoms with Gasteiger partial charge in [-0.05, 0) is 50.2 Å². The molecule has 2 amide bonds. The Kier molecular flexibility index (Phi) is 5.12. The number of rotatable bonds is 5. The van der Waals surface area contributed by atoms with Crippen molar-refractivity contribution in [3.05, 3.63) is 77.1 Å². The number of nitrogens with zero attached hydrogens (tertiary/aromatic N) is 2. The molecule has 0 aliphatic heterocycles. The molecule has 2 aromatic carbocycles. The first kappa shape index (κ1) is 18.1. The van der Waals surface area contributed by atoms with E-state index in [1.807, 2.05) is 26.0 Å². The first-order valence-corrected chi connectivity index (χ1v) is 8.32. The van der Waals surface area contributed by atoms with Crippen LogP contribution in [0.5, 0.6) is 0 Å². The van der Waals surface area contributed by atoms with Gasteiger partial charge in [-0.1, -0.05) is 18.2 Å². The molecule has 0 saturated carbocycles. The molecule has 1 aromatic heterocycles. The maximum Gasteiger partial charge on any atom is 0.255 e. The van der Waals surface area contributed by atoms with Gasteiger partial charge in [0.05, 0.1) is 11.3 Å². The zero-order valence-corrected chi connectivity index (χ0v) is 15.0. The summed E-state index contributed by atoms with van der Waals surface area (Å²) >= 11 is 0. The van der Waals surface area contributed by atoms with Crippen molar-refractivity contribution in [1.82, 2.24) is 9.97 Å². The van der Waals surface area contributed by atoms with Gasteiger partial charge in [0.1, 0.15) is 0 Å². The highest BCUT2D eigenvalue weighted by Crippen LogP contribution is 2.19. The lowest BCUT2D eigenvalue weighted by Crippen LogP contribution is -2.18. The largest absolute Gasteiger partial charge is 0.366 e. The van der Waals surface area contributed by atoms with Crippen LogP contribution in [-0.4, -0.2) is 21.8 Å². The standard InChI is InChI=1S/C20H19N5O2/c1-12-10-13(2)23-20(22-12)24-15-7-5-6-14(11-15)19(27)25-17-9-4-3-8-16(17)18(21)26/h3-11H,1-2H3,(H2,21,26)(H,25,27)(H,22,23,24). The number of carbonyl (C=O) groups excluding carboxylic acids is 2. The number of para-hydroxylation sites is 1. The second-order valence-electron chi connectivity index (χ2n) is 6.04. The second-order valence-corrected chi connectivity index (χ2v) is 6.04. The smallest absolute Gasteiger partial charge is 0.255 e. The summed E-state index contributed by atoms with van der Waals surface area (Å²) in [7, 11) is 0. The molecule has 0 bridgehead atoms. The van der Waals surface area contributed by atoms with Gasteiger partial charge in [0.15, 0.2) is 0 Å². The van der Waals surface area contributed by atoms with Crippen LogP contribution in [0.1, 0.15) is 32.1 Å². The highest BCUT2D eigenvalue weighted by molar-refractivity contribution is 6.09. The minimum absolute atomic E-state index is 0.253. The number of nitrogens with one attached hydrogen (secondary N) is 2. The Labute approximate surface area is 156 Å². The Balaban J connectivity index is 1.81. The highest BCUT2D eigenvalue weighted by atomic mass is 16.2. The van der Waals surface area contributed by atoms with E-state index in [1.165, 1.54) is 0 Å². The van der Waals surface area contributed by atoms with Crippen molar-refractivity contribution < 1.29 is 9.59 Å². The van der Waals surface area contributed by atoms with Crippen molar-refractivity contribution in [1.29, 1.82) is 0 Å². The zero-order valence-electron chi connectivity index (χ0n) is 15.0. The third kappa shape index (κ3) is 4.46. The van der Waals surface area contributed by atoms with E-state index in [0.29, 0.717) is 22.9 Å². The van der Waals surface area contributed by atoms with Gasteiger partial charge >= 0.3 is 0 Å². The zero-order chi connectivity index (χ0) is 19.4. The van der Waals surface area contributed by atoms with E-state index < -0.39 is 5.91 Å². The lowest BCUT2D eigenvalue weighted by atomic mass is 10.1. The van der Waals surface area contributed by atoms with Crippen LogP contribution in [0.2, 0.25) is 0 Å². The van der Waals surface area contributed by atoms with Gasteiger partial charge in [0.25, 0.3) is 11.8 Å². The van der Waals surface area contributed by atoms with Crippen molar-refractivity contribution >= 4 is 29.1 Å². The Morgan fingerprint density at radius 3 is 2.33 bits per heavy atom. The lowest BCUT2D eigenvalue weighted by molar-refractivity contribution is 0.100. The third-order valence-corrected chi connectivity index (χ3v) is 3.80. The van der Waals surface area contributed by atoms with Gasteiger partial charge in [0, 0.05) is 22.6 Å². The summed E-state index contributed by atoms with van der Waals surface area (Å²) in [4.78, 5) is 32.7. The maximum absolute atomic E-state index is 12.6. The number of hydrogen-bond donors (Lipinski definition) is 3. The number of anilines is 3. The highest BCUT2D eigenvalue weighted by Gasteiger charge is 2.12. The van der Waals surface area contributed by atoms with E-state index in [2.05, 4.69) is 20.6 Å². The molecule has 3 aromatic rings. The molecule has 136 valence electrons. The number of aromatic nitrogens is 2. The number of nitrogens with two attached hydrogens (primary N) is 1. The summed E-state index contributed by atoms with van der Waals surface area (Å²) in [6.07, 6.45) is 0. The molecule has 0 radical (unpaired) electrons. The second kappa shape index (κ2) is 7.65. The number of benzene rings is 2. The molecule has 0 spiro atoms. The molecular weight excluding hydrogens is 342 g/mol. The van der Waals surface area contributed by atoms with Crippen LogP contribution in [-0.2, 0) is 0 Å². The minimum atomic E-state index is -0.603. The summed E-state index contributed by atoms with van der Waals surface area (Å²) in [6, 6.07) is 15.4. The molecule has 0 aliphatic carbocycles. The normalized spacial score (nSPS) is 10.3. The van der Waals surface area contributed by atoms with Gasteiger partial charge < -0.3 is 16.4 Å². The molecular formula is C20H19N5O2. The molecule has 27 heavy (non-hydrogen) atoms.